The Kier molecular flexibility index (Phi) is 7.60. The lowest BCUT2D eigenvalue weighted by atomic mass is 9.82. The molecule has 31 heavy (non-hydrogen) atoms. The fraction of sp³-hybridized carbons (Fsp3) is 0.381. The van der Waals surface area contributed by atoms with E-state index in [0.717, 1.165) is 13.1 Å². The third-order valence-corrected chi connectivity index (χ3v) is 7.25. The van der Waals surface area contributed by atoms with E-state index in [0.29, 0.717) is 11.1 Å². The molecule has 1 unspecified atom stereocenters. The van der Waals surface area contributed by atoms with E-state index in [1.807, 2.05) is 19.9 Å². The van der Waals surface area contributed by atoms with Crippen molar-refractivity contribution >= 4 is 21.1 Å². The summed E-state index contributed by atoms with van der Waals surface area (Å²) in [5.74, 6) is -1.41. The molecule has 2 aromatic carbocycles. The van der Waals surface area contributed by atoms with Gasteiger partial charge in [0.2, 0.25) is 10.0 Å². The molecule has 0 aliphatic heterocycles. The number of ether oxygens (including phenoxy) is 1. The first-order valence-electron chi connectivity index (χ1n) is 9.43. The second-order valence-electron chi connectivity index (χ2n) is 7.45. The largest absolute Gasteiger partial charge is 0.768 e. The van der Waals surface area contributed by atoms with Crippen molar-refractivity contribution in [1.29, 1.82) is 5.26 Å². The van der Waals surface area contributed by atoms with Gasteiger partial charge in [-0.3, -0.25) is 4.21 Å². The highest BCUT2D eigenvalue weighted by atomic mass is 32.2. The molecular weight excluding hydrogens is 443 g/mol. The van der Waals surface area contributed by atoms with Gasteiger partial charge in [0.05, 0.1) is 17.6 Å². The molecular formula is C21H24FN2O5S2-. The predicted molar refractivity (Wildman–Crippen MR) is 115 cm³/mol. The van der Waals surface area contributed by atoms with Gasteiger partial charge < -0.3 is 9.29 Å². The minimum Gasteiger partial charge on any atom is -0.768 e. The molecule has 0 fully saturated rings. The van der Waals surface area contributed by atoms with E-state index < -0.39 is 36.7 Å². The van der Waals surface area contributed by atoms with Crippen molar-refractivity contribution in [3.8, 4) is 22.9 Å². The number of halogens is 1. The van der Waals surface area contributed by atoms with Gasteiger partial charge in [-0.2, -0.15) is 5.26 Å². The molecule has 168 valence electrons. The molecule has 0 radical (unpaired) electrons. The van der Waals surface area contributed by atoms with Crippen molar-refractivity contribution in [3.63, 3.8) is 0 Å². The van der Waals surface area contributed by atoms with E-state index in [1.54, 1.807) is 13.8 Å². The molecule has 0 aliphatic carbocycles. The van der Waals surface area contributed by atoms with E-state index in [4.69, 9.17) is 4.74 Å². The summed E-state index contributed by atoms with van der Waals surface area (Å²) >= 11 is -2.97. The number of rotatable bonds is 7. The van der Waals surface area contributed by atoms with E-state index in [9.17, 15) is 22.4 Å². The first-order valence-corrected chi connectivity index (χ1v) is 12.0. The van der Waals surface area contributed by atoms with E-state index in [1.165, 1.54) is 19.2 Å². The summed E-state index contributed by atoms with van der Waals surface area (Å²) in [7, 11) is -1.74. The highest BCUT2D eigenvalue weighted by Gasteiger charge is 2.29. The van der Waals surface area contributed by atoms with E-state index in [2.05, 4.69) is 4.72 Å². The summed E-state index contributed by atoms with van der Waals surface area (Å²) in [6.45, 7) is 7.24. The molecule has 2 aromatic rings. The highest BCUT2D eigenvalue weighted by molar-refractivity contribution is 7.90. The van der Waals surface area contributed by atoms with Crippen LogP contribution in [0.3, 0.4) is 0 Å². The zero-order valence-electron chi connectivity index (χ0n) is 18.1. The Hall–Kier alpha value is -2.32. The molecule has 0 aliphatic rings. The summed E-state index contributed by atoms with van der Waals surface area (Å²) in [4.78, 5) is -1.03. The van der Waals surface area contributed by atoms with Gasteiger partial charge >= 0.3 is 0 Å². The molecule has 0 aromatic heterocycles. The molecule has 0 bridgehead atoms. The Labute approximate surface area is 184 Å². The Morgan fingerprint density at radius 1 is 1.23 bits per heavy atom. The molecule has 10 heteroatoms. The number of benzene rings is 2. The van der Waals surface area contributed by atoms with Crippen molar-refractivity contribution in [3.05, 3.63) is 40.7 Å². The summed E-state index contributed by atoms with van der Waals surface area (Å²) in [6.07, 6.45) is 0. The van der Waals surface area contributed by atoms with Crippen LogP contribution >= 0.6 is 0 Å². The van der Waals surface area contributed by atoms with Gasteiger partial charge in [0.25, 0.3) is 0 Å². The van der Waals surface area contributed by atoms with Gasteiger partial charge in [-0.15, -0.1) is 0 Å². The average Bonchev–Trinajstić information content (AvgIpc) is 2.71. The second kappa shape index (κ2) is 9.44. The molecule has 0 saturated heterocycles. The Morgan fingerprint density at radius 3 is 2.26 bits per heavy atom. The van der Waals surface area contributed by atoms with E-state index in [-0.39, 0.29) is 34.3 Å². The molecule has 1 atom stereocenters. The number of nitrogens with zero attached hydrogens (tertiary/aromatic N) is 1. The monoisotopic (exact) mass is 467 g/mol. The SMILES string of the molecule is CNS(=O)(=O)c1ccc(-c2c(C(C)C)cc(C#N)c(F)c2C(C)C)c(OC)c1S(=O)[O-]. The van der Waals surface area contributed by atoms with Crippen LogP contribution in [0.1, 0.15) is 56.2 Å². The fourth-order valence-corrected chi connectivity index (χ4v) is 5.42. The van der Waals surface area contributed by atoms with Gasteiger partial charge in [-0.25, -0.2) is 17.5 Å². The van der Waals surface area contributed by atoms with Gasteiger partial charge in [-0.05, 0) is 64.9 Å². The number of hydrogen-bond acceptors (Lipinski definition) is 6. The predicted octanol–water partition coefficient (Wildman–Crippen LogP) is 3.77. The van der Waals surface area contributed by atoms with Crippen molar-refractivity contribution in [1.82, 2.24) is 4.72 Å². The van der Waals surface area contributed by atoms with Crippen LogP contribution in [0, 0.1) is 17.1 Å². The van der Waals surface area contributed by atoms with Gasteiger partial charge in [0.15, 0.2) is 0 Å². The molecule has 2 rings (SSSR count). The Morgan fingerprint density at radius 2 is 1.84 bits per heavy atom. The molecule has 1 N–H and O–H groups in total. The topological polar surface area (TPSA) is 119 Å². The standard InChI is InChI=1S/C21H25FN2O5S2/c1-11(2)15-9-13(10-23)19(22)17(12(3)4)18(15)14-7-8-16(31(27,28)24-5)21(30(25)26)20(14)29-6/h7-9,11-12,24H,1-6H3,(H,25,26)/p-1. The fourth-order valence-electron chi connectivity index (χ4n) is 3.50. The van der Waals surface area contributed by atoms with Crippen molar-refractivity contribution in [2.24, 2.45) is 0 Å². The normalized spacial score (nSPS) is 12.8. The number of methoxy groups -OCH3 is 1. The van der Waals surface area contributed by atoms with Crippen molar-refractivity contribution in [2.75, 3.05) is 14.2 Å². The molecule has 0 heterocycles. The molecule has 7 nitrogen and oxygen atoms in total. The summed E-state index contributed by atoms with van der Waals surface area (Å²) < 4.78 is 71.6. The van der Waals surface area contributed by atoms with Crippen LogP contribution in [-0.4, -0.2) is 31.3 Å². The van der Waals surface area contributed by atoms with Crippen LogP contribution in [0.4, 0.5) is 4.39 Å². The summed E-state index contributed by atoms with van der Waals surface area (Å²) in [5, 5.41) is 9.39. The molecule has 0 amide bonds. The maximum Gasteiger partial charge on any atom is 0.241 e. The number of nitrogens with one attached hydrogen (secondary N) is 1. The van der Waals surface area contributed by atoms with Gasteiger partial charge in [0, 0.05) is 5.56 Å². The minimum atomic E-state index is -4.12. The molecule has 0 saturated carbocycles. The third-order valence-electron chi connectivity index (χ3n) is 4.92. The van der Waals surface area contributed by atoms with Gasteiger partial charge in [-0.1, -0.05) is 27.7 Å². The van der Waals surface area contributed by atoms with Gasteiger partial charge in [0.1, 0.15) is 22.5 Å². The zero-order valence-corrected chi connectivity index (χ0v) is 19.7. The van der Waals surface area contributed by atoms with Crippen molar-refractivity contribution in [2.45, 2.75) is 49.3 Å². The van der Waals surface area contributed by atoms with E-state index >= 15 is 4.39 Å². The smallest absolute Gasteiger partial charge is 0.241 e. The lowest BCUT2D eigenvalue weighted by Gasteiger charge is -2.25. The van der Waals surface area contributed by atoms with Crippen LogP contribution in [0.15, 0.2) is 28.0 Å². The Balaban J connectivity index is 3.15. The van der Waals surface area contributed by atoms with Crippen LogP contribution in [0.5, 0.6) is 5.75 Å². The quantitative estimate of drug-likeness (QED) is 0.619. The number of sulfonamides is 1. The first-order chi connectivity index (χ1) is 14.4. The highest BCUT2D eigenvalue weighted by Crippen LogP contribution is 2.45. The van der Waals surface area contributed by atoms with Crippen molar-refractivity contribution < 1.29 is 26.3 Å². The van der Waals surface area contributed by atoms with Crippen LogP contribution in [0.2, 0.25) is 0 Å². The lowest BCUT2D eigenvalue weighted by Crippen LogP contribution is -2.21. The number of hydrogen-bond donors (Lipinski definition) is 1. The third kappa shape index (κ3) is 4.50. The summed E-state index contributed by atoms with van der Waals surface area (Å²) in [5.41, 5.74) is 1.35. The summed E-state index contributed by atoms with van der Waals surface area (Å²) in [6, 6.07) is 5.86. The second-order valence-corrected chi connectivity index (χ2v) is 10.2. The minimum absolute atomic E-state index is 0.114. The maximum atomic E-state index is 15.2. The number of nitriles is 1. The Bertz CT molecular complexity index is 1190. The van der Waals surface area contributed by atoms with Crippen LogP contribution < -0.4 is 9.46 Å². The van der Waals surface area contributed by atoms with Crippen LogP contribution in [0.25, 0.3) is 11.1 Å². The first kappa shape index (κ1) is 24.9. The van der Waals surface area contributed by atoms with Crippen LogP contribution in [-0.2, 0) is 21.1 Å². The maximum absolute atomic E-state index is 15.2. The average molecular weight is 468 g/mol. The molecule has 0 spiro atoms. The lowest BCUT2D eigenvalue weighted by molar-refractivity contribution is 0.399. The zero-order chi connectivity index (χ0) is 23.7.